The number of hydrogen-bond donors (Lipinski definition) is 0. The zero-order valence-electron chi connectivity index (χ0n) is 16.3. The van der Waals surface area contributed by atoms with E-state index >= 15 is 0 Å². The highest BCUT2D eigenvalue weighted by atomic mass is 32.2. The molecule has 2 aliphatic rings. The Morgan fingerprint density at radius 2 is 1.78 bits per heavy atom. The van der Waals surface area contributed by atoms with Gasteiger partial charge in [0.05, 0.1) is 17.5 Å². The molecule has 2 heterocycles. The molecular weight excluding hydrogens is 366 g/mol. The van der Waals surface area contributed by atoms with Crippen LogP contribution in [0.3, 0.4) is 0 Å². The summed E-state index contributed by atoms with van der Waals surface area (Å²) >= 11 is 0. The lowest BCUT2D eigenvalue weighted by Crippen LogP contribution is -2.53. The molecule has 0 N–H and O–H groups in total. The summed E-state index contributed by atoms with van der Waals surface area (Å²) < 4.78 is 32.5. The maximum atomic E-state index is 12.9. The number of ether oxygens (including phenoxy) is 1. The summed E-state index contributed by atoms with van der Waals surface area (Å²) in [6.07, 6.45) is 0.798. The van der Waals surface area contributed by atoms with E-state index in [-0.39, 0.29) is 11.9 Å². The summed E-state index contributed by atoms with van der Waals surface area (Å²) in [5.41, 5.74) is 2.05. The first kappa shape index (κ1) is 20.3. The van der Waals surface area contributed by atoms with Crippen molar-refractivity contribution in [3.8, 4) is 0 Å². The van der Waals surface area contributed by atoms with Gasteiger partial charge in [0.25, 0.3) is 0 Å². The van der Waals surface area contributed by atoms with Crippen molar-refractivity contribution in [3.05, 3.63) is 29.3 Å². The number of rotatable bonds is 6. The van der Waals surface area contributed by atoms with Gasteiger partial charge in [0.15, 0.2) is 0 Å². The predicted octanol–water partition coefficient (Wildman–Crippen LogP) is 0.857. The molecule has 2 saturated heterocycles. The molecule has 0 saturated carbocycles. The number of carbonyl (C=O) groups is 1. The van der Waals surface area contributed by atoms with Gasteiger partial charge in [-0.25, -0.2) is 8.42 Å². The Morgan fingerprint density at radius 1 is 1.07 bits per heavy atom. The summed E-state index contributed by atoms with van der Waals surface area (Å²) in [7, 11) is -1.86. The van der Waals surface area contributed by atoms with Gasteiger partial charge in [-0.3, -0.25) is 9.69 Å². The minimum absolute atomic E-state index is 0.131. The monoisotopic (exact) mass is 395 g/mol. The highest BCUT2D eigenvalue weighted by Crippen LogP contribution is 2.23. The molecular formula is C19H29N3O4S. The number of likely N-dealkylation sites (tertiary alicyclic amines) is 1. The van der Waals surface area contributed by atoms with E-state index in [2.05, 4.69) is 4.90 Å². The van der Waals surface area contributed by atoms with Crippen LogP contribution in [0.1, 0.15) is 17.5 Å². The summed E-state index contributed by atoms with van der Waals surface area (Å²) in [4.78, 5) is 16.9. The molecule has 0 bridgehead atoms. The number of piperazine rings is 1. The molecule has 7 nitrogen and oxygen atoms in total. The number of hydrogen-bond acceptors (Lipinski definition) is 5. The molecule has 0 aliphatic carbocycles. The van der Waals surface area contributed by atoms with Crippen LogP contribution in [0.15, 0.2) is 23.1 Å². The lowest BCUT2D eigenvalue weighted by atomic mass is 10.1. The van der Waals surface area contributed by atoms with Crippen molar-refractivity contribution in [2.75, 3.05) is 53.0 Å². The van der Waals surface area contributed by atoms with E-state index in [1.165, 1.54) is 4.31 Å². The van der Waals surface area contributed by atoms with Crippen molar-refractivity contribution < 1.29 is 17.9 Å². The quantitative estimate of drug-likeness (QED) is 0.714. The smallest absolute Gasteiger partial charge is 0.243 e. The Morgan fingerprint density at radius 3 is 2.41 bits per heavy atom. The van der Waals surface area contributed by atoms with Gasteiger partial charge in [-0.2, -0.15) is 4.31 Å². The van der Waals surface area contributed by atoms with Gasteiger partial charge in [0.2, 0.25) is 15.9 Å². The number of amides is 1. The van der Waals surface area contributed by atoms with Gasteiger partial charge in [-0.1, -0.05) is 6.07 Å². The Labute approximate surface area is 161 Å². The normalized spacial score (nSPS) is 22.6. The molecule has 1 unspecified atom stereocenters. The molecule has 0 spiro atoms. The van der Waals surface area contributed by atoms with Crippen LogP contribution in [0, 0.1) is 13.8 Å². The van der Waals surface area contributed by atoms with Crippen LogP contribution in [-0.2, 0) is 19.6 Å². The van der Waals surface area contributed by atoms with E-state index < -0.39 is 10.0 Å². The summed E-state index contributed by atoms with van der Waals surface area (Å²) in [5, 5.41) is 0. The van der Waals surface area contributed by atoms with Crippen molar-refractivity contribution >= 4 is 15.9 Å². The summed E-state index contributed by atoms with van der Waals surface area (Å²) in [5.74, 6) is 0.137. The molecule has 1 atom stereocenters. The van der Waals surface area contributed by atoms with Crippen LogP contribution in [-0.4, -0.2) is 87.5 Å². The second kappa shape index (κ2) is 8.26. The zero-order valence-corrected chi connectivity index (χ0v) is 17.2. The van der Waals surface area contributed by atoms with Gasteiger partial charge in [-0.15, -0.1) is 0 Å². The fourth-order valence-corrected chi connectivity index (χ4v) is 5.27. The first-order chi connectivity index (χ1) is 12.8. The molecule has 1 aromatic carbocycles. The third kappa shape index (κ3) is 4.18. The van der Waals surface area contributed by atoms with Crippen LogP contribution in [0.2, 0.25) is 0 Å². The number of carbonyl (C=O) groups excluding carboxylic acids is 1. The predicted molar refractivity (Wildman–Crippen MR) is 103 cm³/mol. The first-order valence-corrected chi connectivity index (χ1v) is 10.9. The molecule has 2 fully saturated rings. The van der Waals surface area contributed by atoms with Crippen LogP contribution in [0.5, 0.6) is 0 Å². The highest BCUT2D eigenvalue weighted by molar-refractivity contribution is 7.89. The molecule has 27 heavy (non-hydrogen) atoms. The molecule has 0 aromatic heterocycles. The fraction of sp³-hybridized carbons (Fsp3) is 0.632. The third-order valence-electron chi connectivity index (χ3n) is 5.66. The van der Waals surface area contributed by atoms with Crippen molar-refractivity contribution in [3.63, 3.8) is 0 Å². The van der Waals surface area contributed by atoms with Crippen molar-refractivity contribution in [1.82, 2.24) is 14.1 Å². The zero-order chi connectivity index (χ0) is 19.6. The van der Waals surface area contributed by atoms with Crippen LogP contribution in [0.4, 0.5) is 0 Å². The van der Waals surface area contributed by atoms with E-state index in [4.69, 9.17) is 4.74 Å². The second-order valence-corrected chi connectivity index (χ2v) is 9.25. The number of aryl methyl sites for hydroxylation is 2. The Balaban J connectivity index is 1.62. The van der Waals surface area contributed by atoms with E-state index in [9.17, 15) is 13.2 Å². The van der Waals surface area contributed by atoms with E-state index in [1.807, 2.05) is 24.8 Å². The van der Waals surface area contributed by atoms with E-state index in [0.29, 0.717) is 44.2 Å². The second-order valence-electron chi connectivity index (χ2n) is 7.31. The average molecular weight is 396 g/mol. The largest absolute Gasteiger partial charge is 0.383 e. The molecule has 2 aliphatic heterocycles. The van der Waals surface area contributed by atoms with Gasteiger partial charge in [-0.05, 0) is 43.5 Å². The number of sulfonamides is 1. The van der Waals surface area contributed by atoms with E-state index in [0.717, 1.165) is 24.1 Å². The maximum absolute atomic E-state index is 12.9. The maximum Gasteiger partial charge on any atom is 0.243 e. The van der Waals surface area contributed by atoms with E-state index in [1.54, 1.807) is 19.2 Å². The first-order valence-electron chi connectivity index (χ1n) is 9.44. The lowest BCUT2D eigenvalue weighted by Gasteiger charge is -2.36. The SMILES string of the molecule is COCCN1CCC(N2CCN(S(=O)(=O)c3ccc(C)c(C)c3)CC2)C1=O. The van der Waals surface area contributed by atoms with Crippen LogP contribution >= 0.6 is 0 Å². The minimum atomic E-state index is -3.49. The van der Waals surface area contributed by atoms with Crippen molar-refractivity contribution in [1.29, 1.82) is 0 Å². The average Bonchev–Trinajstić information content (AvgIpc) is 3.02. The molecule has 8 heteroatoms. The molecule has 3 rings (SSSR count). The van der Waals surface area contributed by atoms with Gasteiger partial charge in [0, 0.05) is 46.4 Å². The summed E-state index contributed by atoms with van der Waals surface area (Å²) in [6.45, 7) is 7.79. The van der Waals surface area contributed by atoms with Crippen LogP contribution < -0.4 is 0 Å². The Hall–Kier alpha value is -1.48. The number of benzene rings is 1. The minimum Gasteiger partial charge on any atom is -0.383 e. The van der Waals surface area contributed by atoms with Crippen molar-refractivity contribution in [2.45, 2.75) is 31.2 Å². The van der Waals surface area contributed by atoms with Crippen LogP contribution in [0.25, 0.3) is 0 Å². The third-order valence-corrected chi connectivity index (χ3v) is 7.56. The Bertz CT molecular complexity index is 788. The van der Waals surface area contributed by atoms with Gasteiger partial charge < -0.3 is 9.64 Å². The summed E-state index contributed by atoms with van der Waals surface area (Å²) in [6, 6.07) is 5.14. The molecule has 1 amide bonds. The Kier molecular flexibility index (Phi) is 6.20. The molecule has 150 valence electrons. The topological polar surface area (TPSA) is 70.2 Å². The van der Waals surface area contributed by atoms with Gasteiger partial charge in [0.1, 0.15) is 0 Å². The number of methoxy groups -OCH3 is 1. The standard InChI is InChI=1S/C19H29N3O4S/c1-15-4-5-17(14-16(15)2)27(24,25)22-10-8-20(9-11-22)18-6-7-21(19(18)23)12-13-26-3/h4-5,14,18H,6-13H2,1-3H3. The number of nitrogens with zero attached hydrogens (tertiary/aromatic N) is 3. The van der Waals surface area contributed by atoms with Crippen molar-refractivity contribution in [2.24, 2.45) is 0 Å². The highest BCUT2D eigenvalue weighted by Gasteiger charge is 2.38. The lowest BCUT2D eigenvalue weighted by molar-refractivity contribution is -0.133. The molecule has 0 radical (unpaired) electrons. The molecule has 1 aromatic rings. The fourth-order valence-electron chi connectivity index (χ4n) is 3.76. The van der Waals surface area contributed by atoms with Gasteiger partial charge >= 0.3 is 0 Å².